The van der Waals surface area contributed by atoms with Crippen LogP contribution in [0.2, 0.25) is 0 Å². The largest absolute Gasteiger partial charge is 0.0776 e. The van der Waals surface area contributed by atoms with E-state index in [0.717, 1.165) is 5.92 Å². The third-order valence-electron chi connectivity index (χ3n) is 4.30. The Morgan fingerprint density at radius 1 is 1.28 bits per heavy atom. The summed E-state index contributed by atoms with van der Waals surface area (Å²) in [6, 6.07) is 8.90. The minimum Gasteiger partial charge on any atom is -0.0776 e. The van der Waals surface area contributed by atoms with Crippen LogP contribution in [0.4, 0.5) is 0 Å². The van der Waals surface area contributed by atoms with Crippen LogP contribution in [0.1, 0.15) is 52.0 Å². The van der Waals surface area contributed by atoms with E-state index in [9.17, 15) is 0 Å². The molecule has 0 aromatic heterocycles. The summed E-state index contributed by atoms with van der Waals surface area (Å²) in [5, 5.41) is 0. The van der Waals surface area contributed by atoms with Crippen molar-refractivity contribution in [3.05, 3.63) is 46.0 Å². The highest BCUT2D eigenvalue weighted by Gasteiger charge is 2.42. The molecule has 2 saturated carbocycles. The van der Waals surface area contributed by atoms with Crippen LogP contribution in [0, 0.1) is 5.92 Å². The van der Waals surface area contributed by atoms with E-state index >= 15 is 0 Å². The molecule has 0 radical (unpaired) electrons. The molecule has 0 heterocycles. The zero-order valence-corrected chi connectivity index (χ0v) is 12.0. The SMILES string of the molecule is C.CC1CC(C=C2CCC2)(c2cccc(Br)c2)C1. The predicted octanol–water partition coefficient (Wildman–Crippen LogP) is 5.86. The fraction of sp³-hybridized carbons (Fsp3) is 0.529. The first-order chi connectivity index (χ1) is 8.18. The van der Waals surface area contributed by atoms with Gasteiger partial charge in [-0.25, -0.2) is 0 Å². The first kappa shape index (κ1) is 13.9. The summed E-state index contributed by atoms with van der Waals surface area (Å²) in [5.74, 6) is 0.880. The molecule has 0 nitrogen and oxygen atoms in total. The number of rotatable bonds is 2. The third-order valence-corrected chi connectivity index (χ3v) is 4.79. The first-order valence-electron chi connectivity index (χ1n) is 6.65. The summed E-state index contributed by atoms with van der Waals surface area (Å²) in [6.45, 7) is 2.37. The molecule has 1 aromatic rings. The molecule has 1 heteroatoms. The van der Waals surface area contributed by atoms with Crippen molar-refractivity contribution in [3.8, 4) is 0 Å². The van der Waals surface area contributed by atoms with E-state index in [1.165, 1.54) is 42.1 Å². The monoisotopic (exact) mass is 306 g/mol. The van der Waals surface area contributed by atoms with Crippen LogP contribution >= 0.6 is 15.9 Å². The molecule has 0 unspecified atom stereocenters. The molecule has 2 fully saturated rings. The number of hydrogen-bond acceptors (Lipinski definition) is 0. The van der Waals surface area contributed by atoms with Gasteiger partial charge in [0.25, 0.3) is 0 Å². The zero-order valence-electron chi connectivity index (χ0n) is 10.4. The van der Waals surface area contributed by atoms with E-state index in [0.29, 0.717) is 5.41 Å². The molecule has 2 aliphatic carbocycles. The Balaban J connectivity index is 0.00000120. The molecule has 2 aliphatic rings. The molecule has 0 bridgehead atoms. The van der Waals surface area contributed by atoms with E-state index in [-0.39, 0.29) is 7.43 Å². The standard InChI is InChI=1S/C16H19Br.CH4/c1-12-9-16(10-12,11-13-4-2-5-13)14-6-3-7-15(17)8-14;/h3,6-8,11-12H,2,4-5,9-10H2,1H3;1H4. The topological polar surface area (TPSA) is 0 Å². The molecule has 0 N–H and O–H groups in total. The third kappa shape index (κ3) is 2.42. The summed E-state index contributed by atoms with van der Waals surface area (Å²) in [6.07, 6.45) is 9.32. The van der Waals surface area contributed by atoms with E-state index in [1.54, 1.807) is 5.57 Å². The van der Waals surface area contributed by atoms with E-state index in [1.807, 2.05) is 0 Å². The maximum Gasteiger partial charge on any atom is 0.0178 e. The maximum absolute atomic E-state index is 3.60. The number of benzene rings is 1. The predicted molar refractivity (Wildman–Crippen MR) is 82.9 cm³/mol. The molecule has 1 aromatic carbocycles. The van der Waals surface area contributed by atoms with Gasteiger partial charge in [-0.2, -0.15) is 0 Å². The van der Waals surface area contributed by atoms with Crippen molar-refractivity contribution < 1.29 is 0 Å². The Labute approximate surface area is 120 Å². The highest BCUT2D eigenvalue weighted by molar-refractivity contribution is 9.10. The van der Waals surface area contributed by atoms with Gasteiger partial charge in [0.1, 0.15) is 0 Å². The zero-order chi connectivity index (χ0) is 11.9. The Morgan fingerprint density at radius 2 is 2.00 bits per heavy atom. The van der Waals surface area contributed by atoms with Crippen molar-refractivity contribution in [3.63, 3.8) is 0 Å². The van der Waals surface area contributed by atoms with E-state index in [4.69, 9.17) is 0 Å². The van der Waals surface area contributed by atoms with Crippen LogP contribution in [-0.2, 0) is 5.41 Å². The highest BCUT2D eigenvalue weighted by Crippen LogP contribution is 2.50. The lowest BCUT2D eigenvalue weighted by molar-refractivity contribution is 0.206. The van der Waals surface area contributed by atoms with Gasteiger partial charge in [0.15, 0.2) is 0 Å². The highest BCUT2D eigenvalue weighted by atomic mass is 79.9. The molecule has 0 saturated heterocycles. The van der Waals surface area contributed by atoms with Crippen LogP contribution in [0.5, 0.6) is 0 Å². The van der Waals surface area contributed by atoms with Crippen LogP contribution in [0.3, 0.4) is 0 Å². The normalized spacial score (nSPS) is 29.9. The number of allylic oxidation sites excluding steroid dienone is 2. The molecule has 3 rings (SSSR count). The van der Waals surface area contributed by atoms with Crippen LogP contribution in [0.15, 0.2) is 40.4 Å². The summed E-state index contributed by atoms with van der Waals surface area (Å²) < 4.78 is 1.21. The average Bonchev–Trinajstić information content (AvgIpc) is 2.20. The van der Waals surface area contributed by atoms with Gasteiger partial charge in [0.05, 0.1) is 0 Å². The first-order valence-corrected chi connectivity index (χ1v) is 7.44. The molecule has 18 heavy (non-hydrogen) atoms. The van der Waals surface area contributed by atoms with Gasteiger partial charge in [-0.1, -0.05) is 54.1 Å². The van der Waals surface area contributed by atoms with Gasteiger partial charge >= 0.3 is 0 Å². The Bertz CT molecular complexity index is 446. The maximum atomic E-state index is 3.60. The number of hydrogen-bond donors (Lipinski definition) is 0. The van der Waals surface area contributed by atoms with Crippen molar-refractivity contribution in [2.75, 3.05) is 0 Å². The van der Waals surface area contributed by atoms with E-state index < -0.39 is 0 Å². The Morgan fingerprint density at radius 3 is 2.50 bits per heavy atom. The average molecular weight is 307 g/mol. The van der Waals surface area contributed by atoms with Gasteiger partial charge in [0.2, 0.25) is 0 Å². The quantitative estimate of drug-likeness (QED) is 0.600. The number of halogens is 1. The fourth-order valence-corrected chi connectivity index (χ4v) is 3.73. The van der Waals surface area contributed by atoms with Gasteiger partial charge in [-0.05, 0) is 55.7 Å². The lowest BCUT2D eigenvalue weighted by Gasteiger charge is -2.46. The molecule has 0 atom stereocenters. The second-order valence-electron chi connectivity index (χ2n) is 5.84. The minimum atomic E-state index is 0. The minimum absolute atomic E-state index is 0. The molecule has 0 amide bonds. The van der Waals surface area contributed by atoms with Crippen molar-refractivity contribution in [1.29, 1.82) is 0 Å². The van der Waals surface area contributed by atoms with Crippen LogP contribution in [0.25, 0.3) is 0 Å². The molecular weight excluding hydrogens is 284 g/mol. The molecule has 98 valence electrons. The summed E-state index contributed by atoms with van der Waals surface area (Å²) in [4.78, 5) is 0. The van der Waals surface area contributed by atoms with Crippen LogP contribution < -0.4 is 0 Å². The second kappa shape index (κ2) is 5.21. The lowest BCUT2D eigenvalue weighted by Crippen LogP contribution is -2.39. The smallest absolute Gasteiger partial charge is 0.0178 e. The molecular formula is C17H23Br. The second-order valence-corrected chi connectivity index (χ2v) is 6.75. The fourth-order valence-electron chi connectivity index (χ4n) is 3.33. The van der Waals surface area contributed by atoms with Crippen molar-refractivity contribution >= 4 is 15.9 Å². The Kier molecular flexibility index (Phi) is 4.01. The molecule has 0 spiro atoms. The Hall–Kier alpha value is -0.560. The van der Waals surface area contributed by atoms with Crippen molar-refractivity contribution in [2.45, 2.75) is 51.9 Å². The summed E-state index contributed by atoms with van der Waals surface area (Å²) in [5.41, 5.74) is 3.56. The van der Waals surface area contributed by atoms with Crippen LogP contribution in [-0.4, -0.2) is 0 Å². The van der Waals surface area contributed by atoms with Gasteiger partial charge < -0.3 is 0 Å². The van der Waals surface area contributed by atoms with Crippen molar-refractivity contribution in [2.24, 2.45) is 5.92 Å². The van der Waals surface area contributed by atoms with Gasteiger partial charge in [0, 0.05) is 9.89 Å². The summed E-state index contributed by atoms with van der Waals surface area (Å²) >= 11 is 3.60. The van der Waals surface area contributed by atoms with Crippen molar-refractivity contribution in [1.82, 2.24) is 0 Å². The van der Waals surface area contributed by atoms with Gasteiger partial charge in [-0.3, -0.25) is 0 Å². The lowest BCUT2D eigenvalue weighted by atomic mass is 9.58. The van der Waals surface area contributed by atoms with E-state index in [2.05, 4.69) is 53.2 Å². The van der Waals surface area contributed by atoms with Gasteiger partial charge in [-0.15, -0.1) is 0 Å². The molecule has 0 aliphatic heterocycles. The summed E-state index contributed by atoms with van der Waals surface area (Å²) in [7, 11) is 0.